The first kappa shape index (κ1) is 11.5. The summed E-state index contributed by atoms with van der Waals surface area (Å²) in [6, 6.07) is 6.79. The van der Waals surface area contributed by atoms with Gasteiger partial charge in [-0.05, 0) is 51.1 Å². The second-order valence-electron chi connectivity index (χ2n) is 5.39. The molecule has 1 aromatic heterocycles. The fraction of sp³-hybridized carbons (Fsp3) is 0.500. The Labute approximate surface area is 107 Å². The van der Waals surface area contributed by atoms with Crippen LogP contribution >= 0.6 is 0 Å². The normalized spacial score (nSPS) is 21.6. The molecule has 0 aliphatic carbocycles. The maximum Gasteiger partial charge on any atom is 0.201 e. The first-order chi connectivity index (χ1) is 8.65. The van der Waals surface area contributed by atoms with Crippen LogP contribution in [-0.2, 0) is 0 Å². The third-order valence-electron chi connectivity index (χ3n) is 3.84. The van der Waals surface area contributed by atoms with Crippen molar-refractivity contribution in [2.75, 3.05) is 25.9 Å². The molecule has 2 heterocycles. The molecule has 1 fully saturated rings. The van der Waals surface area contributed by atoms with Crippen molar-refractivity contribution >= 4 is 17.0 Å². The molecular formula is C14H20N4. The second-order valence-corrected chi connectivity index (χ2v) is 5.39. The molecule has 0 bridgehead atoms. The lowest BCUT2D eigenvalue weighted by Crippen LogP contribution is -2.33. The number of rotatable bonds is 1. The predicted octanol–water partition coefficient (Wildman–Crippen LogP) is 2.19. The Kier molecular flexibility index (Phi) is 2.74. The standard InChI is InChI=1S/C14H20N4/c1-10-5-6-12-13(8-10)18(14(15)16-12)11-4-3-7-17(2)9-11/h5-6,8,11H,3-4,7,9H2,1-2H3,(H2,15,16). The molecule has 1 aromatic carbocycles. The van der Waals surface area contributed by atoms with Gasteiger partial charge in [0.25, 0.3) is 0 Å². The minimum atomic E-state index is 0.454. The average molecular weight is 244 g/mol. The Hall–Kier alpha value is -1.55. The zero-order valence-electron chi connectivity index (χ0n) is 11.1. The molecule has 1 aliphatic rings. The molecule has 0 spiro atoms. The van der Waals surface area contributed by atoms with Crippen molar-refractivity contribution in [2.45, 2.75) is 25.8 Å². The summed E-state index contributed by atoms with van der Waals surface area (Å²) < 4.78 is 2.22. The van der Waals surface area contributed by atoms with E-state index in [4.69, 9.17) is 5.73 Å². The number of aryl methyl sites for hydroxylation is 1. The highest BCUT2D eigenvalue weighted by Gasteiger charge is 2.22. The smallest absolute Gasteiger partial charge is 0.201 e. The highest BCUT2D eigenvalue weighted by Crippen LogP contribution is 2.28. The minimum Gasteiger partial charge on any atom is -0.369 e. The van der Waals surface area contributed by atoms with Gasteiger partial charge in [0.1, 0.15) is 0 Å². The number of aromatic nitrogens is 2. The van der Waals surface area contributed by atoms with E-state index in [1.807, 2.05) is 0 Å². The molecule has 2 N–H and O–H groups in total. The molecule has 1 aliphatic heterocycles. The summed E-state index contributed by atoms with van der Waals surface area (Å²) in [7, 11) is 2.17. The van der Waals surface area contributed by atoms with E-state index in [0.29, 0.717) is 12.0 Å². The molecule has 1 unspecified atom stereocenters. The highest BCUT2D eigenvalue weighted by atomic mass is 15.2. The van der Waals surface area contributed by atoms with Gasteiger partial charge in [0.05, 0.1) is 11.0 Å². The molecule has 1 atom stereocenters. The number of fused-ring (bicyclic) bond motifs is 1. The Morgan fingerprint density at radius 1 is 1.39 bits per heavy atom. The highest BCUT2D eigenvalue weighted by molar-refractivity contribution is 5.79. The van der Waals surface area contributed by atoms with Gasteiger partial charge in [-0.2, -0.15) is 0 Å². The molecule has 0 radical (unpaired) electrons. The van der Waals surface area contributed by atoms with Gasteiger partial charge in [0, 0.05) is 12.6 Å². The second kappa shape index (κ2) is 4.28. The van der Waals surface area contributed by atoms with Crippen LogP contribution in [-0.4, -0.2) is 34.6 Å². The van der Waals surface area contributed by atoms with Crippen LogP contribution in [0.4, 0.5) is 5.95 Å². The third-order valence-corrected chi connectivity index (χ3v) is 3.84. The van der Waals surface area contributed by atoms with Gasteiger partial charge < -0.3 is 15.2 Å². The Bertz CT molecular complexity index is 572. The molecule has 3 rings (SSSR count). The van der Waals surface area contributed by atoms with Gasteiger partial charge in [-0.25, -0.2) is 4.98 Å². The summed E-state index contributed by atoms with van der Waals surface area (Å²) in [5.41, 5.74) is 9.55. The maximum atomic E-state index is 6.11. The number of likely N-dealkylation sites (N-methyl/N-ethyl adjacent to an activating group) is 1. The predicted molar refractivity (Wildman–Crippen MR) is 74.7 cm³/mol. The lowest BCUT2D eigenvalue weighted by Gasteiger charge is -2.31. The first-order valence-corrected chi connectivity index (χ1v) is 6.58. The molecule has 0 saturated carbocycles. The van der Waals surface area contributed by atoms with Crippen LogP contribution in [0.15, 0.2) is 18.2 Å². The molecule has 4 nitrogen and oxygen atoms in total. The largest absolute Gasteiger partial charge is 0.369 e. The summed E-state index contributed by atoms with van der Waals surface area (Å²) in [5, 5.41) is 0. The lowest BCUT2D eigenvalue weighted by atomic mass is 10.1. The average Bonchev–Trinajstić information content (AvgIpc) is 2.64. The number of benzene rings is 1. The van der Waals surface area contributed by atoms with Crippen LogP contribution in [0.25, 0.3) is 11.0 Å². The summed E-state index contributed by atoms with van der Waals surface area (Å²) in [6.07, 6.45) is 2.42. The number of anilines is 1. The van der Waals surface area contributed by atoms with Gasteiger partial charge in [-0.1, -0.05) is 6.07 Å². The fourth-order valence-electron chi connectivity index (χ4n) is 2.96. The summed E-state index contributed by atoms with van der Waals surface area (Å²) in [5.74, 6) is 0.649. The number of nitrogen functional groups attached to an aromatic ring is 1. The molecule has 18 heavy (non-hydrogen) atoms. The van der Waals surface area contributed by atoms with Crippen molar-refractivity contribution in [1.82, 2.24) is 14.5 Å². The fourth-order valence-corrected chi connectivity index (χ4v) is 2.96. The van der Waals surface area contributed by atoms with Gasteiger partial charge in [-0.15, -0.1) is 0 Å². The van der Waals surface area contributed by atoms with Gasteiger partial charge >= 0.3 is 0 Å². The van der Waals surface area contributed by atoms with Crippen molar-refractivity contribution in [3.8, 4) is 0 Å². The lowest BCUT2D eigenvalue weighted by molar-refractivity contribution is 0.216. The molecular weight excluding hydrogens is 224 g/mol. The van der Waals surface area contributed by atoms with E-state index in [1.54, 1.807) is 0 Å². The molecule has 4 heteroatoms. The van der Waals surface area contributed by atoms with E-state index in [1.165, 1.54) is 30.5 Å². The zero-order valence-corrected chi connectivity index (χ0v) is 11.1. The monoisotopic (exact) mass is 244 g/mol. The summed E-state index contributed by atoms with van der Waals surface area (Å²) in [6.45, 7) is 4.35. The Morgan fingerprint density at radius 2 is 2.22 bits per heavy atom. The van der Waals surface area contributed by atoms with Crippen LogP contribution in [0, 0.1) is 6.92 Å². The van der Waals surface area contributed by atoms with E-state index in [0.717, 1.165) is 12.1 Å². The van der Waals surface area contributed by atoms with Crippen LogP contribution in [0.1, 0.15) is 24.4 Å². The van der Waals surface area contributed by atoms with Crippen LogP contribution in [0.5, 0.6) is 0 Å². The van der Waals surface area contributed by atoms with E-state index < -0.39 is 0 Å². The number of hydrogen-bond acceptors (Lipinski definition) is 3. The maximum absolute atomic E-state index is 6.11. The first-order valence-electron chi connectivity index (χ1n) is 6.58. The van der Waals surface area contributed by atoms with Gasteiger partial charge in [0.2, 0.25) is 5.95 Å². The zero-order chi connectivity index (χ0) is 12.7. The molecule has 2 aromatic rings. The number of imidazole rings is 1. The topological polar surface area (TPSA) is 47.1 Å². The SMILES string of the molecule is Cc1ccc2nc(N)n(C3CCCN(C)C3)c2c1. The molecule has 96 valence electrons. The number of hydrogen-bond donors (Lipinski definition) is 1. The van der Waals surface area contributed by atoms with Crippen molar-refractivity contribution in [2.24, 2.45) is 0 Å². The van der Waals surface area contributed by atoms with E-state index in [-0.39, 0.29) is 0 Å². The molecule has 1 saturated heterocycles. The summed E-state index contributed by atoms with van der Waals surface area (Å²) in [4.78, 5) is 6.85. The van der Waals surface area contributed by atoms with E-state index in [2.05, 4.69) is 46.6 Å². The number of piperidine rings is 1. The Balaban J connectivity index is 2.09. The van der Waals surface area contributed by atoms with Crippen LogP contribution < -0.4 is 5.73 Å². The van der Waals surface area contributed by atoms with E-state index >= 15 is 0 Å². The van der Waals surface area contributed by atoms with Crippen molar-refractivity contribution in [3.05, 3.63) is 23.8 Å². The number of nitrogens with two attached hydrogens (primary N) is 1. The van der Waals surface area contributed by atoms with Crippen molar-refractivity contribution in [1.29, 1.82) is 0 Å². The number of likely N-dealkylation sites (tertiary alicyclic amines) is 1. The Morgan fingerprint density at radius 3 is 3.00 bits per heavy atom. The third kappa shape index (κ3) is 1.86. The van der Waals surface area contributed by atoms with Gasteiger partial charge in [0.15, 0.2) is 0 Å². The van der Waals surface area contributed by atoms with Crippen molar-refractivity contribution in [3.63, 3.8) is 0 Å². The molecule has 0 amide bonds. The minimum absolute atomic E-state index is 0.454. The quantitative estimate of drug-likeness (QED) is 0.836. The van der Waals surface area contributed by atoms with Crippen molar-refractivity contribution < 1.29 is 0 Å². The van der Waals surface area contributed by atoms with E-state index in [9.17, 15) is 0 Å². The van der Waals surface area contributed by atoms with Crippen LogP contribution in [0.2, 0.25) is 0 Å². The summed E-state index contributed by atoms with van der Waals surface area (Å²) >= 11 is 0. The number of nitrogens with zero attached hydrogens (tertiary/aromatic N) is 3. The van der Waals surface area contributed by atoms with Gasteiger partial charge in [-0.3, -0.25) is 0 Å². The van der Waals surface area contributed by atoms with Crippen LogP contribution in [0.3, 0.4) is 0 Å².